The highest BCUT2D eigenvalue weighted by molar-refractivity contribution is 6.11. The molecule has 0 spiro atoms. The van der Waals surface area contributed by atoms with E-state index in [1.165, 1.54) is 0 Å². The predicted molar refractivity (Wildman–Crippen MR) is 170 cm³/mol. The van der Waals surface area contributed by atoms with Crippen molar-refractivity contribution in [2.75, 3.05) is 20.3 Å². The Morgan fingerprint density at radius 1 is 0.932 bits per heavy atom. The summed E-state index contributed by atoms with van der Waals surface area (Å²) in [6.45, 7) is 4.90. The molecule has 5 aromatic rings. The molecule has 0 radical (unpaired) electrons. The number of carboxylic acid groups (broad SMARTS) is 1. The molecule has 1 aliphatic heterocycles. The van der Waals surface area contributed by atoms with Crippen LogP contribution in [0.3, 0.4) is 0 Å². The van der Waals surface area contributed by atoms with Gasteiger partial charge in [0.05, 0.1) is 30.8 Å². The van der Waals surface area contributed by atoms with Crippen molar-refractivity contribution < 1.29 is 28.8 Å². The first-order chi connectivity index (χ1) is 21.4. The van der Waals surface area contributed by atoms with Gasteiger partial charge < -0.3 is 33.9 Å². The number of nitrogens with one attached hydrogen (secondary N) is 1. The van der Waals surface area contributed by atoms with Gasteiger partial charge in [0.25, 0.3) is 0 Å². The van der Waals surface area contributed by atoms with Crippen LogP contribution in [0.15, 0.2) is 102 Å². The van der Waals surface area contributed by atoms with E-state index < -0.39 is 11.9 Å². The number of benzene rings is 4. The molecule has 0 saturated heterocycles. The lowest BCUT2D eigenvalue weighted by molar-refractivity contribution is -0.141. The zero-order valence-corrected chi connectivity index (χ0v) is 25.1. The van der Waals surface area contributed by atoms with Crippen molar-refractivity contribution in [1.82, 2.24) is 9.88 Å². The fraction of sp³-hybridized carbons (Fsp3) is 0.250. The lowest BCUT2D eigenvalue weighted by Crippen LogP contribution is -2.19. The van der Waals surface area contributed by atoms with E-state index in [0.29, 0.717) is 37.7 Å². The molecule has 8 nitrogen and oxygen atoms in total. The number of nitrogens with zero attached hydrogens (tertiary/aromatic N) is 1. The second-order valence-corrected chi connectivity index (χ2v) is 11.0. The average Bonchev–Trinajstić information content (AvgIpc) is 3.58. The molecule has 226 valence electrons. The van der Waals surface area contributed by atoms with Gasteiger partial charge >= 0.3 is 5.97 Å². The van der Waals surface area contributed by atoms with Crippen LogP contribution in [0.2, 0.25) is 0 Å². The molecule has 1 aromatic heterocycles. The second-order valence-electron chi connectivity index (χ2n) is 11.0. The molecular formula is C36H36N2O6. The van der Waals surface area contributed by atoms with Gasteiger partial charge in [0.15, 0.2) is 17.7 Å². The highest BCUT2D eigenvalue weighted by atomic mass is 16.5. The highest BCUT2D eigenvalue weighted by Crippen LogP contribution is 2.37. The smallest absolute Gasteiger partial charge is 0.306 e. The van der Waals surface area contributed by atoms with Crippen molar-refractivity contribution in [3.05, 3.63) is 114 Å². The van der Waals surface area contributed by atoms with Crippen molar-refractivity contribution in [3.63, 3.8) is 0 Å². The van der Waals surface area contributed by atoms with Crippen LogP contribution in [0, 0.1) is 5.92 Å². The van der Waals surface area contributed by atoms with E-state index in [9.17, 15) is 9.90 Å². The molecule has 1 aliphatic rings. The molecular weight excluding hydrogens is 556 g/mol. The third kappa shape index (κ3) is 5.88. The molecule has 0 fully saturated rings. The summed E-state index contributed by atoms with van der Waals surface area (Å²) in [6.07, 6.45) is 0.205. The van der Waals surface area contributed by atoms with Gasteiger partial charge in [-0.2, -0.15) is 0 Å². The lowest BCUT2D eigenvalue weighted by atomic mass is 10.1. The Labute approximate surface area is 256 Å². The molecule has 8 heteroatoms. The molecule has 2 heterocycles. The fourth-order valence-corrected chi connectivity index (χ4v) is 5.55. The van der Waals surface area contributed by atoms with E-state index in [0.717, 1.165) is 50.1 Å². The molecule has 2 atom stereocenters. The minimum atomic E-state index is -0.816. The maximum atomic E-state index is 11.3. The third-order valence-corrected chi connectivity index (χ3v) is 8.06. The molecule has 4 aromatic carbocycles. The van der Waals surface area contributed by atoms with Crippen LogP contribution >= 0.6 is 0 Å². The van der Waals surface area contributed by atoms with E-state index >= 15 is 0 Å². The number of rotatable bonds is 12. The number of allylic oxidation sites excluding steroid dienone is 1. The van der Waals surface area contributed by atoms with Crippen molar-refractivity contribution in [2.24, 2.45) is 5.92 Å². The van der Waals surface area contributed by atoms with Gasteiger partial charge in [0.2, 0.25) is 0 Å². The first-order valence-corrected chi connectivity index (χ1v) is 14.8. The summed E-state index contributed by atoms with van der Waals surface area (Å²) in [5.41, 5.74) is 5.13. The molecule has 2 N–H and O–H groups in total. The van der Waals surface area contributed by atoms with Crippen molar-refractivity contribution in [3.8, 4) is 17.2 Å². The number of carbonyl (C=O) groups is 1. The zero-order valence-electron chi connectivity index (χ0n) is 25.1. The number of carboxylic acids is 1. The summed E-state index contributed by atoms with van der Waals surface area (Å²) in [5, 5.41) is 14.8. The van der Waals surface area contributed by atoms with Gasteiger partial charge in [-0.15, -0.1) is 0 Å². The number of fused-ring (bicyclic) bond motifs is 3. The van der Waals surface area contributed by atoms with Crippen LogP contribution in [0.5, 0.6) is 17.2 Å². The van der Waals surface area contributed by atoms with Crippen LogP contribution in [-0.2, 0) is 16.1 Å². The molecule has 0 aliphatic carbocycles. The van der Waals surface area contributed by atoms with Crippen molar-refractivity contribution in [1.29, 1.82) is 0 Å². The fourth-order valence-electron chi connectivity index (χ4n) is 5.55. The Morgan fingerprint density at radius 2 is 1.70 bits per heavy atom. The molecule has 2 unspecified atom stereocenters. The lowest BCUT2D eigenvalue weighted by Gasteiger charge is -2.15. The number of aliphatic carboxylic acids is 1. The summed E-state index contributed by atoms with van der Waals surface area (Å²) in [6, 6.07) is 30.3. The van der Waals surface area contributed by atoms with Gasteiger partial charge in [0.1, 0.15) is 18.1 Å². The summed E-state index contributed by atoms with van der Waals surface area (Å²) in [4.78, 5) is 11.3. The van der Waals surface area contributed by atoms with Crippen molar-refractivity contribution >= 4 is 27.8 Å². The minimum Gasteiger partial charge on any atom is -0.493 e. The van der Waals surface area contributed by atoms with Gasteiger partial charge in [-0.05, 0) is 49.2 Å². The van der Waals surface area contributed by atoms with Crippen LogP contribution < -0.4 is 19.5 Å². The quantitative estimate of drug-likeness (QED) is 0.157. The Balaban J connectivity index is 1.21. The van der Waals surface area contributed by atoms with Crippen LogP contribution in [0.25, 0.3) is 21.8 Å². The normalized spacial score (nSPS) is 15.2. The number of ether oxygens (including phenoxy) is 4. The first-order valence-electron chi connectivity index (χ1n) is 14.8. The zero-order chi connectivity index (χ0) is 30.6. The van der Waals surface area contributed by atoms with Crippen LogP contribution in [0.1, 0.15) is 37.6 Å². The maximum Gasteiger partial charge on any atom is 0.306 e. The van der Waals surface area contributed by atoms with E-state index in [2.05, 4.69) is 34.1 Å². The largest absolute Gasteiger partial charge is 0.493 e. The van der Waals surface area contributed by atoms with E-state index in [-0.39, 0.29) is 6.23 Å². The number of hydrogen-bond donors (Lipinski definition) is 2. The SMILES string of the molecule is COc1cc(Cn2c3ccccc3c3c(OCCC(C)C(=O)O)cccc32)ccc1OCC1=C(C)OC(c2ccccc2)N1. The van der Waals surface area contributed by atoms with Gasteiger partial charge in [0, 0.05) is 28.4 Å². The van der Waals surface area contributed by atoms with Crippen molar-refractivity contribution in [2.45, 2.75) is 33.0 Å². The molecule has 0 saturated carbocycles. The van der Waals surface area contributed by atoms with E-state index in [1.807, 2.05) is 73.7 Å². The number of aromatic nitrogens is 1. The molecule has 0 amide bonds. The van der Waals surface area contributed by atoms with Gasteiger partial charge in [-0.1, -0.05) is 67.6 Å². The van der Waals surface area contributed by atoms with Gasteiger partial charge in [-0.25, -0.2) is 0 Å². The standard InChI is InChI=1S/C36H36N2O6/c1-23(36(39)40)18-19-42-32-15-9-14-30-34(32)27-12-7-8-13-29(27)38(30)21-25-16-17-31(33(20-25)41-3)43-22-28-24(2)44-35(37-28)26-10-5-4-6-11-26/h4-17,20,23,35,37H,18-19,21-22H2,1-3H3,(H,39,40). The minimum absolute atomic E-state index is 0.232. The summed E-state index contributed by atoms with van der Waals surface area (Å²) >= 11 is 0. The average molecular weight is 593 g/mol. The number of methoxy groups -OCH3 is 1. The Hall–Kier alpha value is -5.11. The summed E-state index contributed by atoms with van der Waals surface area (Å²) in [7, 11) is 1.65. The first kappa shape index (κ1) is 29.0. The Morgan fingerprint density at radius 3 is 2.50 bits per heavy atom. The molecule has 0 bridgehead atoms. The predicted octanol–water partition coefficient (Wildman–Crippen LogP) is 7.27. The summed E-state index contributed by atoms with van der Waals surface area (Å²) < 4.78 is 26.4. The van der Waals surface area contributed by atoms with Crippen LogP contribution in [0.4, 0.5) is 0 Å². The monoisotopic (exact) mass is 592 g/mol. The van der Waals surface area contributed by atoms with E-state index in [1.54, 1.807) is 14.0 Å². The highest BCUT2D eigenvalue weighted by Gasteiger charge is 2.24. The molecule has 6 rings (SSSR count). The third-order valence-electron chi connectivity index (χ3n) is 8.06. The maximum absolute atomic E-state index is 11.3. The Kier molecular flexibility index (Phi) is 8.32. The molecule has 44 heavy (non-hydrogen) atoms. The second kappa shape index (κ2) is 12.6. The Bertz CT molecular complexity index is 1830. The van der Waals surface area contributed by atoms with E-state index in [4.69, 9.17) is 18.9 Å². The topological polar surface area (TPSA) is 91.2 Å². The number of hydrogen-bond acceptors (Lipinski definition) is 6. The van der Waals surface area contributed by atoms with Gasteiger partial charge in [-0.3, -0.25) is 4.79 Å². The van der Waals surface area contributed by atoms with Crippen LogP contribution in [-0.4, -0.2) is 36.0 Å². The summed E-state index contributed by atoms with van der Waals surface area (Å²) in [5.74, 6) is 1.57. The number of para-hydroxylation sites is 1.